The summed E-state index contributed by atoms with van der Waals surface area (Å²) >= 11 is 0. The number of amides is 1. The predicted octanol–water partition coefficient (Wildman–Crippen LogP) is 3.90. The SMILES string of the molecule is COc1cc(OC)cc([C@@H](NC(=O)Cc2cccc(C(F)(F)F)c2)c2nccn2C)c1. The van der Waals surface area contributed by atoms with E-state index in [2.05, 4.69) is 10.3 Å². The van der Waals surface area contributed by atoms with Crippen molar-refractivity contribution in [2.75, 3.05) is 14.2 Å². The van der Waals surface area contributed by atoms with E-state index in [9.17, 15) is 18.0 Å². The summed E-state index contributed by atoms with van der Waals surface area (Å²) in [5.74, 6) is 1.16. The lowest BCUT2D eigenvalue weighted by molar-refractivity contribution is -0.137. The average Bonchev–Trinajstić information content (AvgIpc) is 3.16. The quantitative estimate of drug-likeness (QED) is 0.614. The van der Waals surface area contributed by atoms with Gasteiger partial charge in [0.25, 0.3) is 0 Å². The third kappa shape index (κ3) is 5.36. The largest absolute Gasteiger partial charge is 0.497 e. The van der Waals surface area contributed by atoms with Crippen molar-refractivity contribution in [1.29, 1.82) is 0 Å². The van der Waals surface area contributed by atoms with E-state index in [4.69, 9.17) is 9.47 Å². The standard InChI is InChI=1S/C22H22F3N3O3/c1-28-8-7-26-21(28)20(15-11-17(30-2)13-18(12-15)31-3)27-19(29)10-14-5-4-6-16(9-14)22(23,24)25/h4-9,11-13,20H,10H2,1-3H3,(H,27,29)/t20-/m1/s1. The van der Waals surface area contributed by atoms with Crippen LogP contribution in [0.2, 0.25) is 0 Å². The number of halogens is 3. The summed E-state index contributed by atoms with van der Waals surface area (Å²) < 4.78 is 51.3. The van der Waals surface area contributed by atoms with Gasteiger partial charge in [0, 0.05) is 25.5 Å². The van der Waals surface area contributed by atoms with Crippen LogP contribution in [0.1, 0.15) is 28.6 Å². The van der Waals surface area contributed by atoms with Crippen LogP contribution in [-0.4, -0.2) is 29.7 Å². The van der Waals surface area contributed by atoms with Gasteiger partial charge < -0.3 is 19.4 Å². The molecule has 9 heteroatoms. The van der Waals surface area contributed by atoms with Gasteiger partial charge in [-0.25, -0.2) is 4.98 Å². The number of hydrogen-bond donors (Lipinski definition) is 1. The number of ether oxygens (including phenoxy) is 2. The van der Waals surface area contributed by atoms with Crippen LogP contribution >= 0.6 is 0 Å². The highest BCUT2D eigenvalue weighted by molar-refractivity contribution is 5.79. The van der Waals surface area contributed by atoms with Gasteiger partial charge in [0.15, 0.2) is 0 Å². The molecule has 0 aliphatic rings. The molecule has 2 aromatic carbocycles. The van der Waals surface area contributed by atoms with Crippen LogP contribution < -0.4 is 14.8 Å². The number of hydrogen-bond acceptors (Lipinski definition) is 4. The Balaban J connectivity index is 1.90. The molecule has 1 aromatic heterocycles. The molecule has 0 bridgehead atoms. The zero-order chi connectivity index (χ0) is 22.6. The molecule has 6 nitrogen and oxygen atoms in total. The van der Waals surface area contributed by atoms with Crippen molar-refractivity contribution in [1.82, 2.24) is 14.9 Å². The molecule has 0 saturated carbocycles. The maximum Gasteiger partial charge on any atom is 0.416 e. The van der Waals surface area contributed by atoms with Crippen LogP contribution in [0.15, 0.2) is 54.9 Å². The third-order valence-electron chi connectivity index (χ3n) is 4.75. The normalized spacial score (nSPS) is 12.3. The van der Waals surface area contributed by atoms with Gasteiger partial charge >= 0.3 is 6.18 Å². The first kappa shape index (κ1) is 22.2. The number of nitrogens with zero attached hydrogens (tertiary/aromatic N) is 2. The minimum absolute atomic E-state index is 0.216. The summed E-state index contributed by atoms with van der Waals surface area (Å²) in [6, 6.07) is 9.24. The second-order valence-corrected chi connectivity index (χ2v) is 6.92. The molecule has 0 aliphatic heterocycles. The highest BCUT2D eigenvalue weighted by Gasteiger charge is 2.30. The van der Waals surface area contributed by atoms with Crippen molar-refractivity contribution < 1.29 is 27.4 Å². The van der Waals surface area contributed by atoms with Gasteiger partial charge in [-0.1, -0.05) is 18.2 Å². The molecule has 0 fully saturated rings. The molecule has 0 saturated heterocycles. The number of imidazole rings is 1. The fourth-order valence-electron chi connectivity index (χ4n) is 3.20. The van der Waals surface area contributed by atoms with E-state index in [1.807, 2.05) is 0 Å². The van der Waals surface area contributed by atoms with Crippen LogP contribution in [0.5, 0.6) is 11.5 Å². The summed E-state index contributed by atoms with van der Waals surface area (Å²) in [6.45, 7) is 0. The monoisotopic (exact) mass is 433 g/mol. The Kier molecular flexibility index (Phi) is 6.53. The molecule has 1 atom stereocenters. The Morgan fingerprint density at radius 1 is 1.13 bits per heavy atom. The summed E-state index contributed by atoms with van der Waals surface area (Å²) in [5, 5.41) is 2.87. The number of methoxy groups -OCH3 is 2. The minimum atomic E-state index is -4.47. The van der Waals surface area contributed by atoms with E-state index < -0.39 is 23.7 Å². The number of aryl methyl sites for hydroxylation is 1. The molecule has 1 heterocycles. The molecular weight excluding hydrogens is 411 g/mol. The van der Waals surface area contributed by atoms with Gasteiger partial charge in [0.1, 0.15) is 23.4 Å². The lowest BCUT2D eigenvalue weighted by Gasteiger charge is -2.21. The van der Waals surface area contributed by atoms with E-state index in [0.29, 0.717) is 22.9 Å². The zero-order valence-corrected chi connectivity index (χ0v) is 17.2. The maximum atomic E-state index is 13.0. The summed E-state index contributed by atoms with van der Waals surface area (Å²) in [6.07, 6.45) is -1.36. The second kappa shape index (κ2) is 9.11. The summed E-state index contributed by atoms with van der Waals surface area (Å²) in [5.41, 5.74) is 0.119. The number of aromatic nitrogens is 2. The first-order valence-corrected chi connectivity index (χ1v) is 9.37. The van der Waals surface area contributed by atoms with Crippen molar-refractivity contribution in [3.63, 3.8) is 0 Å². The number of alkyl halides is 3. The maximum absolute atomic E-state index is 13.0. The van der Waals surface area contributed by atoms with E-state index in [-0.39, 0.29) is 12.0 Å². The van der Waals surface area contributed by atoms with Gasteiger partial charge in [-0.3, -0.25) is 4.79 Å². The van der Waals surface area contributed by atoms with Crippen LogP contribution in [0.4, 0.5) is 13.2 Å². The van der Waals surface area contributed by atoms with Crippen LogP contribution in [-0.2, 0) is 24.4 Å². The van der Waals surface area contributed by atoms with Gasteiger partial charge in [-0.2, -0.15) is 13.2 Å². The minimum Gasteiger partial charge on any atom is -0.497 e. The molecule has 1 amide bonds. The fourth-order valence-corrected chi connectivity index (χ4v) is 3.20. The molecular formula is C22H22F3N3O3. The number of nitrogens with one attached hydrogen (secondary N) is 1. The van der Waals surface area contributed by atoms with Gasteiger partial charge in [0.05, 0.1) is 26.2 Å². The fraction of sp³-hybridized carbons (Fsp3) is 0.273. The van der Waals surface area contributed by atoms with Crippen molar-refractivity contribution in [2.45, 2.75) is 18.6 Å². The van der Waals surface area contributed by atoms with Crippen molar-refractivity contribution >= 4 is 5.91 Å². The highest BCUT2D eigenvalue weighted by atomic mass is 19.4. The molecule has 164 valence electrons. The second-order valence-electron chi connectivity index (χ2n) is 6.92. The van der Waals surface area contributed by atoms with E-state index in [1.54, 1.807) is 42.2 Å². The Hall–Kier alpha value is -3.49. The molecule has 0 spiro atoms. The summed E-state index contributed by atoms with van der Waals surface area (Å²) in [7, 11) is 4.81. The first-order valence-electron chi connectivity index (χ1n) is 9.37. The molecule has 0 aliphatic carbocycles. The van der Waals surface area contributed by atoms with E-state index in [0.717, 1.165) is 12.1 Å². The van der Waals surface area contributed by atoms with Gasteiger partial charge in [-0.15, -0.1) is 0 Å². The van der Waals surface area contributed by atoms with E-state index >= 15 is 0 Å². The van der Waals surface area contributed by atoms with Crippen LogP contribution in [0.25, 0.3) is 0 Å². The van der Waals surface area contributed by atoms with Gasteiger partial charge in [0.2, 0.25) is 5.91 Å². The molecule has 0 unspecified atom stereocenters. The Labute approximate surface area is 177 Å². The van der Waals surface area contributed by atoms with Crippen molar-refractivity contribution in [2.24, 2.45) is 7.05 Å². The molecule has 3 rings (SSSR count). The lowest BCUT2D eigenvalue weighted by atomic mass is 10.0. The molecule has 0 radical (unpaired) electrons. The summed E-state index contributed by atoms with van der Waals surface area (Å²) in [4.78, 5) is 17.1. The predicted molar refractivity (Wildman–Crippen MR) is 108 cm³/mol. The molecule has 31 heavy (non-hydrogen) atoms. The average molecular weight is 433 g/mol. The number of benzene rings is 2. The Morgan fingerprint density at radius 2 is 1.81 bits per heavy atom. The van der Waals surface area contributed by atoms with E-state index in [1.165, 1.54) is 26.4 Å². The zero-order valence-electron chi connectivity index (χ0n) is 17.2. The number of carbonyl (C=O) groups excluding carboxylic acids is 1. The number of rotatable bonds is 7. The van der Waals surface area contributed by atoms with Crippen LogP contribution in [0, 0.1) is 0 Å². The topological polar surface area (TPSA) is 65.4 Å². The molecule has 3 aromatic rings. The van der Waals surface area contributed by atoms with Crippen molar-refractivity contribution in [3.8, 4) is 11.5 Å². The Morgan fingerprint density at radius 3 is 2.35 bits per heavy atom. The third-order valence-corrected chi connectivity index (χ3v) is 4.75. The van der Waals surface area contributed by atoms with Crippen molar-refractivity contribution in [3.05, 3.63) is 77.4 Å². The Bertz CT molecular complexity index is 1040. The van der Waals surface area contributed by atoms with Gasteiger partial charge in [-0.05, 0) is 29.3 Å². The number of carbonyl (C=O) groups is 1. The first-order chi connectivity index (χ1) is 14.7. The smallest absolute Gasteiger partial charge is 0.416 e. The van der Waals surface area contributed by atoms with Crippen LogP contribution in [0.3, 0.4) is 0 Å². The highest BCUT2D eigenvalue weighted by Crippen LogP contribution is 2.31. The lowest BCUT2D eigenvalue weighted by Crippen LogP contribution is -2.32. The molecule has 1 N–H and O–H groups in total.